The van der Waals surface area contributed by atoms with Gasteiger partial charge in [0.15, 0.2) is 0 Å². The standard InChI is InChI=1S/C16H17BrFN/c1-11-6-7-16(18)14(8-11)10-19-12(2)13-4-3-5-15(17)9-13/h3-9,12,19H,10H2,1-2H3/t12-/m1/s1. The van der Waals surface area contributed by atoms with Gasteiger partial charge in [-0.15, -0.1) is 0 Å². The summed E-state index contributed by atoms with van der Waals surface area (Å²) in [5.41, 5.74) is 2.97. The van der Waals surface area contributed by atoms with Crippen molar-refractivity contribution in [2.24, 2.45) is 0 Å². The van der Waals surface area contributed by atoms with Crippen LogP contribution in [0.5, 0.6) is 0 Å². The number of hydrogen-bond acceptors (Lipinski definition) is 1. The van der Waals surface area contributed by atoms with E-state index in [4.69, 9.17) is 0 Å². The first-order valence-electron chi connectivity index (χ1n) is 6.30. The lowest BCUT2D eigenvalue weighted by molar-refractivity contribution is 0.544. The molecular formula is C16H17BrFN. The Balaban J connectivity index is 2.04. The predicted molar refractivity (Wildman–Crippen MR) is 80.5 cm³/mol. The minimum Gasteiger partial charge on any atom is -0.306 e. The van der Waals surface area contributed by atoms with Crippen LogP contribution in [0.2, 0.25) is 0 Å². The van der Waals surface area contributed by atoms with Gasteiger partial charge in [0.2, 0.25) is 0 Å². The molecule has 1 nitrogen and oxygen atoms in total. The third-order valence-electron chi connectivity index (χ3n) is 3.15. The van der Waals surface area contributed by atoms with E-state index in [-0.39, 0.29) is 11.9 Å². The number of benzene rings is 2. The van der Waals surface area contributed by atoms with Crippen LogP contribution in [-0.2, 0) is 6.54 Å². The largest absolute Gasteiger partial charge is 0.306 e. The van der Waals surface area contributed by atoms with Gasteiger partial charge in [-0.1, -0.05) is 45.8 Å². The molecule has 1 atom stereocenters. The highest BCUT2D eigenvalue weighted by Crippen LogP contribution is 2.19. The molecule has 0 aromatic heterocycles. The highest BCUT2D eigenvalue weighted by Gasteiger charge is 2.07. The maximum absolute atomic E-state index is 13.6. The van der Waals surface area contributed by atoms with Crippen molar-refractivity contribution < 1.29 is 4.39 Å². The van der Waals surface area contributed by atoms with E-state index < -0.39 is 0 Å². The van der Waals surface area contributed by atoms with E-state index in [1.807, 2.05) is 25.1 Å². The van der Waals surface area contributed by atoms with Crippen LogP contribution in [-0.4, -0.2) is 0 Å². The third kappa shape index (κ3) is 3.88. The monoisotopic (exact) mass is 321 g/mol. The Morgan fingerprint density at radius 2 is 2.00 bits per heavy atom. The minimum absolute atomic E-state index is 0.153. The molecule has 0 bridgehead atoms. The maximum Gasteiger partial charge on any atom is 0.127 e. The molecule has 0 aliphatic heterocycles. The molecule has 2 rings (SSSR count). The zero-order valence-electron chi connectivity index (χ0n) is 11.1. The summed E-state index contributed by atoms with van der Waals surface area (Å²) < 4.78 is 14.7. The molecule has 0 aliphatic rings. The molecule has 0 saturated carbocycles. The smallest absolute Gasteiger partial charge is 0.127 e. The predicted octanol–water partition coefficient (Wildman–Crippen LogP) is 4.75. The highest BCUT2D eigenvalue weighted by atomic mass is 79.9. The molecule has 3 heteroatoms. The van der Waals surface area contributed by atoms with Crippen molar-refractivity contribution in [2.75, 3.05) is 0 Å². The number of aryl methyl sites for hydroxylation is 1. The van der Waals surface area contributed by atoms with Crippen molar-refractivity contribution in [2.45, 2.75) is 26.4 Å². The lowest BCUT2D eigenvalue weighted by Crippen LogP contribution is -2.18. The Labute approximate surface area is 122 Å². The van der Waals surface area contributed by atoms with Crippen LogP contribution in [0.4, 0.5) is 4.39 Å². The molecule has 0 unspecified atom stereocenters. The summed E-state index contributed by atoms with van der Waals surface area (Å²) in [6.07, 6.45) is 0. The fourth-order valence-corrected chi connectivity index (χ4v) is 2.41. The molecular weight excluding hydrogens is 305 g/mol. The summed E-state index contributed by atoms with van der Waals surface area (Å²) in [5, 5.41) is 3.35. The van der Waals surface area contributed by atoms with Crippen molar-refractivity contribution in [3.05, 3.63) is 69.4 Å². The van der Waals surface area contributed by atoms with E-state index in [0.717, 1.165) is 10.0 Å². The molecule has 0 amide bonds. The molecule has 0 fully saturated rings. The van der Waals surface area contributed by atoms with E-state index in [0.29, 0.717) is 12.1 Å². The van der Waals surface area contributed by atoms with E-state index >= 15 is 0 Å². The van der Waals surface area contributed by atoms with Gasteiger partial charge in [0.25, 0.3) is 0 Å². The SMILES string of the molecule is Cc1ccc(F)c(CN[C@H](C)c2cccc(Br)c2)c1. The average molecular weight is 322 g/mol. The Morgan fingerprint density at radius 3 is 2.74 bits per heavy atom. The van der Waals surface area contributed by atoms with Crippen LogP contribution in [0.3, 0.4) is 0 Å². The topological polar surface area (TPSA) is 12.0 Å². The van der Waals surface area contributed by atoms with Crippen molar-refractivity contribution in [1.82, 2.24) is 5.32 Å². The van der Waals surface area contributed by atoms with Gasteiger partial charge in [0.05, 0.1) is 0 Å². The van der Waals surface area contributed by atoms with Gasteiger partial charge in [-0.05, 0) is 37.6 Å². The number of rotatable bonds is 4. The summed E-state index contributed by atoms with van der Waals surface area (Å²) in [4.78, 5) is 0. The summed E-state index contributed by atoms with van der Waals surface area (Å²) in [7, 11) is 0. The van der Waals surface area contributed by atoms with E-state index in [9.17, 15) is 4.39 Å². The lowest BCUT2D eigenvalue weighted by Gasteiger charge is -2.15. The molecule has 2 aromatic rings. The van der Waals surface area contributed by atoms with E-state index in [1.165, 1.54) is 11.6 Å². The molecule has 0 heterocycles. The quantitative estimate of drug-likeness (QED) is 0.857. The van der Waals surface area contributed by atoms with E-state index in [1.54, 1.807) is 6.07 Å². The summed E-state index contributed by atoms with van der Waals surface area (Å²) in [6.45, 7) is 4.58. The second-order valence-electron chi connectivity index (χ2n) is 4.75. The van der Waals surface area contributed by atoms with Crippen molar-refractivity contribution in [1.29, 1.82) is 0 Å². The van der Waals surface area contributed by atoms with Crippen molar-refractivity contribution >= 4 is 15.9 Å². The fourth-order valence-electron chi connectivity index (χ4n) is 2.00. The zero-order chi connectivity index (χ0) is 13.8. The maximum atomic E-state index is 13.6. The second kappa shape index (κ2) is 6.31. The number of nitrogens with one attached hydrogen (secondary N) is 1. The molecule has 1 N–H and O–H groups in total. The first kappa shape index (κ1) is 14.2. The molecule has 0 spiro atoms. The first-order valence-corrected chi connectivity index (χ1v) is 7.09. The summed E-state index contributed by atoms with van der Waals surface area (Å²) in [5.74, 6) is -0.153. The highest BCUT2D eigenvalue weighted by molar-refractivity contribution is 9.10. The number of halogens is 2. The number of hydrogen-bond donors (Lipinski definition) is 1. The molecule has 0 aliphatic carbocycles. The van der Waals surface area contributed by atoms with Gasteiger partial charge in [0.1, 0.15) is 5.82 Å². The average Bonchev–Trinajstić information content (AvgIpc) is 2.39. The third-order valence-corrected chi connectivity index (χ3v) is 3.64. The van der Waals surface area contributed by atoms with Crippen molar-refractivity contribution in [3.63, 3.8) is 0 Å². The molecule has 100 valence electrons. The fraction of sp³-hybridized carbons (Fsp3) is 0.250. The van der Waals surface area contributed by atoms with E-state index in [2.05, 4.69) is 40.3 Å². The Hall–Kier alpha value is -1.19. The van der Waals surface area contributed by atoms with Crippen LogP contribution < -0.4 is 5.32 Å². The van der Waals surface area contributed by atoms with Crippen LogP contribution in [0, 0.1) is 12.7 Å². The van der Waals surface area contributed by atoms with Crippen LogP contribution in [0.25, 0.3) is 0 Å². The normalized spacial score (nSPS) is 12.4. The molecule has 0 saturated heterocycles. The summed E-state index contributed by atoms with van der Waals surface area (Å²) in [6, 6.07) is 13.5. The van der Waals surface area contributed by atoms with Gasteiger partial charge < -0.3 is 5.32 Å². The zero-order valence-corrected chi connectivity index (χ0v) is 12.7. The lowest BCUT2D eigenvalue weighted by atomic mass is 10.1. The molecule has 0 radical (unpaired) electrons. The Kier molecular flexibility index (Phi) is 4.72. The Bertz CT molecular complexity index is 568. The van der Waals surface area contributed by atoms with Crippen LogP contribution in [0.1, 0.15) is 29.7 Å². The van der Waals surface area contributed by atoms with Gasteiger partial charge >= 0.3 is 0 Å². The van der Waals surface area contributed by atoms with Gasteiger partial charge in [-0.2, -0.15) is 0 Å². The first-order chi connectivity index (χ1) is 9.06. The van der Waals surface area contributed by atoms with Crippen LogP contribution in [0.15, 0.2) is 46.9 Å². The summed E-state index contributed by atoms with van der Waals surface area (Å²) >= 11 is 3.46. The second-order valence-corrected chi connectivity index (χ2v) is 5.67. The van der Waals surface area contributed by atoms with Gasteiger partial charge in [-0.3, -0.25) is 0 Å². The molecule has 2 aromatic carbocycles. The van der Waals surface area contributed by atoms with Crippen LogP contribution >= 0.6 is 15.9 Å². The van der Waals surface area contributed by atoms with Gasteiger partial charge in [-0.25, -0.2) is 4.39 Å². The van der Waals surface area contributed by atoms with Crippen molar-refractivity contribution in [3.8, 4) is 0 Å². The minimum atomic E-state index is -0.153. The Morgan fingerprint density at radius 1 is 1.21 bits per heavy atom. The van der Waals surface area contributed by atoms with Gasteiger partial charge in [0, 0.05) is 22.6 Å². The molecule has 19 heavy (non-hydrogen) atoms.